The Balaban J connectivity index is 2.95. The Morgan fingerprint density at radius 1 is 1.64 bits per heavy atom. The smallest absolute Gasteiger partial charge is 0.141 e. The molecule has 0 radical (unpaired) electrons. The van der Waals surface area contributed by atoms with Crippen molar-refractivity contribution in [3.63, 3.8) is 0 Å². The second-order valence-electron chi connectivity index (χ2n) is 2.12. The lowest BCUT2D eigenvalue weighted by Gasteiger charge is -2.02. The van der Waals surface area contributed by atoms with E-state index in [0.29, 0.717) is 5.56 Å². The molecule has 1 N–H and O–H groups in total. The summed E-state index contributed by atoms with van der Waals surface area (Å²) in [5, 5.41) is 9.13. The maximum atomic E-state index is 12.5. The first-order chi connectivity index (χ1) is 5.24. The molecule has 0 aromatic carbocycles. The molecule has 1 unspecified atom stereocenters. The fraction of sp³-hybridized carbons (Fsp3) is 0.125. The number of aliphatic hydroxyl groups excluding tert-OH is 1. The summed E-state index contributed by atoms with van der Waals surface area (Å²) in [6.07, 6.45) is 2.96. The molecule has 0 amide bonds. The summed E-state index contributed by atoms with van der Waals surface area (Å²) in [5.74, 6) is -0.455. The Labute approximate surface area is 64.0 Å². The minimum Gasteiger partial charge on any atom is -0.384 e. The number of halogens is 1. The third kappa shape index (κ3) is 1.85. The minimum absolute atomic E-state index is 0.417. The van der Waals surface area contributed by atoms with Crippen LogP contribution in [0.3, 0.4) is 0 Å². The van der Waals surface area contributed by atoms with E-state index >= 15 is 0 Å². The van der Waals surface area contributed by atoms with Crippen molar-refractivity contribution in [1.82, 2.24) is 4.98 Å². The number of rotatable bonds is 2. The van der Waals surface area contributed by atoms with E-state index in [9.17, 15) is 4.39 Å². The van der Waals surface area contributed by atoms with Crippen molar-refractivity contribution in [1.29, 1.82) is 0 Å². The molecule has 0 fully saturated rings. The number of nitrogens with zero attached hydrogens (tertiary/aromatic N) is 1. The molecule has 3 heteroatoms. The summed E-state index contributed by atoms with van der Waals surface area (Å²) in [6, 6.07) is 1.22. The Morgan fingerprint density at radius 2 is 2.36 bits per heavy atom. The van der Waals surface area contributed by atoms with Crippen molar-refractivity contribution in [3.8, 4) is 0 Å². The summed E-state index contributed by atoms with van der Waals surface area (Å²) < 4.78 is 12.5. The molecule has 0 aliphatic heterocycles. The molecule has 0 saturated heterocycles. The van der Waals surface area contributed by atoms with Gasteiger partial charge in [0.15, 0.2) is 0 Å². The predicted molar refractivity (Wildman–Crippen MR) is 39.4 cm³/mol. The third-order valence-electron chi connectivity index (χ3n) is 1.29. The zero-order valence-corrected chi connectivity index (χ0v) is 5.87. The molecule has 1 atom stereocenters. The molecule has 11 heavy (non-hydrogen) atoms. The van der Waals surface area contributed by atoms with Crippen LogP contribution in [-0.2, 0) is 0 Å². The van der Waals surface area contributed by atoms with Crippen LogP contribution in [0.4, 0.5) is 4.39 Å². The Hall–Kier alpha value is -1.22. The standard InChI is InChI=1S/C8H8FNO/c1-2-8(11)6-3-7(9)5-10-4-6/h2-5,8,11H,1H2. The first-order valence-corrected chi connectivity index (χ1v) is 3.15. The van der Waals surface area contributed by atoms with Crippen LogP contribution in [0.1, 0.15) is 11.7 Å². The normalized spacial score (nSPS) is 12.5. The molecule has 2 nitrogen and oxygen atoms in total. The van der Waals surface area contributed by atoms with Crippen molar-refractivity contribution >= 4 is 0 Å². The zero-order chi connectivity index (χ0) is 8.27. The number of aliphatic hydroxyl groups is 1. The van der Waals surface area contributed by atoms with E-state index in [0.717, 1.165) is 6.20 Å². The predicted octanol–water partition coefficient (Wildman–Crippen LogP) is 1.44. The van der Waals surface area contributed by atoms with E-state index in [1.807, 2.05) is 0 Å². The Morgan fingerprint density at radius 3 is 2.91 bits per heavy atom. The van der Waals surface area contributed by atoms with Gasteiger partial charge in [-0.05, 0) is 6.07 Å². The largest absolute Gasteiger partial charge is 0.384 e. The molecule has 1 heterocycles. The van der Waals surface area contributed by atoms with E-state index in [1.165, 1.54) is 18.3 Å². The van der Waals surface area contributed by atoms with E-state index in [2.05, 4.69) is 11.6 Å². The molecule has 0 spiro atoms. The first kappa shape index (κ1) is 7.88. The first-order valence-electron chi connectivity index (χ1n) is 3.15. The molecule has 0 aliphatic rings. The lowest BCUT2D eigenvalue weighted by molar-refractivity contribution is 0.228. The van der Waals surface area contributed by atoms with Gasteiger partial charge in [0, 0.05) is 11.8 Å². The highest BCUT2D eigenvalue weighted by Crippen LogP contribution is 2.12. The molecule has 58 valence electrons. The molecular weight excluding hydrogens is 145 g/mol. The number of pyridine rings is 1. The summed E-state index contributed by atoms with van der Waals surface area (Å²) in [7, 11) is 0. The number of aromatic nitrogens is 1. The van der Waals surface area contributed by atoms with Gasteiger partial charge in [0.1, 0.15) is 5.82 Å². The van der Waals surface area contributed by atoms with E-state index in [4.69, 9.17) is 5.11 Å². The van der Waals surface area contributed by atoms with Crippen LogP contribution in [0.15, 0.2) is 31.1 Å². The highest BCUT2D eigenvalue weighted by molar-refractivity contribution is 5.16. The van der Waals surface area contributed by atoms with Gasteiger partial charge in [0.05, 0.1) is 12.3 Å². The van der Waals surface area contributed by atoms with Crippen LogP contribution in [0.5, 0.6) is 0 Å². The second kappa shape index (κ2) is 3.25. The van der Waals surface area contributed by atoms with Gasteiger partial charge in [-0.15, -0.1) is 6.58 Å². The maximum Gasteiger partial charge on any atom is 0.141 e. The van der Waals surface area contributed by atoms with Crippen LogP contribution >= 0.6 is 0 Å². The monoisotopic (exact) mass is 153 g/mol. The van der Waals surface area contributed by atoms with E-state index in [1.54, 1.807) is 0 Å². The van der Waals surface area contributed by atoms with Crippen LogP contribution in [-0.4, -0.2) is 10.1 Å². The Kier molecular flexibility index (Phi) is 2.33. The highest BCUT2D eigenvalue weighted by Gasteiger charge is 2.02. The lowest BCUT2D eigenvalue weighted by atomic mass is 10.2. The van der Waals surface area contributed by atoms with Crippen molar-refractivity contribution in [3.05, 3.63) is 42.5 Å². The Bertz CT molecular complexity index is 262. The highest BCUT2D eigenvalue weighted by atomic mass is 19.1. The topological polar surface area (TPSA) is 33.1 Å². The van der Waals surface area contributed by atoms with Crippen LogP contribution in [0.25, 0.3) is 0 Å². The summed E-state index contributed by atoms with van der Waals surface area (Å²) in [6.45, 7) is 3.37. The lowest BCUT2D eigenvalue weighted by Crippen LogP contribution is -1.94. The van der Waals surface area contributed by atoms with Gasteiger partial charge in [-0.25, -0.2) is 4.39 Å². The summed E-state index contributed by atoms with van der Waals surface area (Å²) in [4.78, 5) is 3.57. The van der Waals surface area contributed by atoms with Crippen molar-refractivity contribution < 1.29 is 9.50 Å². The van der Waals surface area contributed by atoms with E-state index in [-0.39, 0.29) is 0 Å². The molecule has 0 aliphatic carbocycles. The van der Waals surface area contributed by atoms with Crippen LogP contribution in [0.2, 0.25) is 0 Å². The molecule has 0 bridgehead atoms. The van der Waals surface area contributed by atoms with Gasteiger partial charge in [0.2, 0.25) is 0 Å². The number of hydrogen-bond donors (Lipinski definition) is 1. The molecule has 1 aromatic heterocycles. The molecular formula is C8H8FNO. The fourth-order valence-corrected chi connectivity index (χ4v) is 0.726. The van der Waals surface area contributed by atoms with Gasteiger partial charge < -0.3 is 5.11 Å². The average molecular weight is 153 g/mol. The van der Waals surface area contributed by atoms with E-state index < -0.39 is 11.9 Å². The van der Waals surface area contributed by atoms with Gasteiger partial charge in [-0.1, -0.05) is 6.08 Å². The quantitative estimate of drug-likeness (QED) is 0.652. The van der Waals surface area contributed by atoms with Gasteiger partial charge in [-0.3, -0.25) is 4.98 Å². The van der Waals surface area contributed by atoms with Gasteiger partial charge in [-0.2, -0.15) is 0 Å². The van der Waals surface area contributed by atoms with Crippen molar-refractivity contribution in [2.45, 2.75) is 6.10 Å². The second-order valence-corrected chi connectivity index (χ2v) is 2.12. The van der Waals surface area contributed by atoms with Crippen LogP contribution in [0, 0.1) is 5.82 Å². The fourth-order valence-electron chi connectivity index (χ4n) is 0.726. The molecule has 1 rings (SSSR count). The summed E-state index contributed by atoms with van der Waals surface area (Å²) >= 11 is 0. The van der Waals surface area contributed by atoms with Crippen LogP contribution < -0.4 is 0 Å². The van der Waals surface area contributed by atoms with Gasteiger partial charge in [0.25, 0.3) is 0 Å². The molecule has 0 saturated carbocycles. The maximum absolute atomic E-state index is 12.5. The van der Waals surface area contributed by atoms with Crippen molar-refractivity contribution in [2.24, 2.45) is 0 Å². The average Bonchev–Trinajstić information content (AvgIpc) is 2.03. The SMILES string of the molecule is C=CC(O)c1cncc(F)c1. The number of hydrogen-bond acceptors (Lipinski definition) is 2. The van der Waals surface area contributed by atoms with Gasteiger partial charge >= 0.3 is 0 Å². The zero-order valence-electron chi connectivity index (χ0n) is 5.87. The summed E-state index contributed by atoms with van der Waals surface area (Å²) in [5.41, 5.74) is 0.417. The minimum atomic E-state index is -0.835. The molecule has 1 aromatic rings. The van der Waals surface area contributed by atoms with Crippen molar-refractivity contribution in [2.75, 3.05) is 0 Å². The third-order valence-corrected chi connectivity index (χ3v) is 1.29.